The molecule has 0 atom stereocenters. The van der Waals surface area contributed by atoms with Crippen molar-refractivity contribution in [2.45, 2.75) is 46.5 Å². The van der Waals surface area contributed by atoms with Gasteiger partial charge in [0.15, 0.2) is 0 Å². The van der Waals surface area contributed by atoms with E-state index < -0.39 is 0 Å². The lowest BCUT2D eigenvalue weighted by Gasteiger charge is -2.19. The van der Waals surface area contributed by atoms with E-state index in [1.807, 2.05) is 0 Å². The molecule has 0 aliphatic rings. The topological polar surface area (TPSA) is 20.2 Å². The molecule has 1 heteroatoms. The van der Waals surface area contributed by atoms with Gasteiger partial charge >= 0.3 is 0 Å². The van der Waals surface area contributed by atoms with Gasteiger partial charge in [0, 0.05) is 6.61 Å². The Morgan fingerprint density at radius 3 is 2.50 bits per heavy atom. The largest absolute Gasteiger partial charge is 0.396 e. The van der Waals surface area contributed by atoms with Crippen molar-refractivity contribution in [3.05, 3.63) is 12.2 Å². The monoisotopic (exact) mass is 170 g/mol. The number of rotatable bonds is 6. The fourth-order valence-electron chi connectivity index (χ4n) is 1.19. The maximum Gasteiger partial charge on any atom is 0.0431 e. The number of hydrogen-bond donors (Lipinski definition) is 1. The molecule has 0 bridgehead atoms. The van der Waals surface area contributed by atoms with Crippen LogP contribution >= 0.6 is 0 Å². The number of aliphatic hydroxyl groups excluding tert-OH is 1. The van der Waals surface area contributed by atoms with Crippen LogP contribution < -0.4 is 0 Å². The van der Waals surface area contributed by atoms with Crippen LogP contribution in [-0.4, -0.2) is 11.7 Å². The van der Waals surface area contributed by atoms with E-state index in [9.17, 15) is 0 Å². The van der Waals surface area contributed by atoms with Crippen LogP contribution in [0.1, 0.15) is 46.5 Å². The Balaban J connectivity index is 3.69. The third-order valence-corrected chi connectivity index (χ3v) is 2.00. The van der Waals surface area contributed by atoms with Gasteiger partial charge in [-0.1, -0.05) is 39.3 Å². The molecule has 0 spiro atoms. The summed E-state index contributed by atoms with van der Waals surface area (Å²) in [7, 11) is 0. The summed E-state index contributed by atoms with van der Waals surface area (Å²) in [6.45, 7) is 6.93. The highest BCUT2D eigenvalue weighted by atomic mass is 16.2. The Labute approximate surface area is 76.5 Å². The van der Waals surface area contributed by atoms with E-state index in [1.54, 1.807) is 0 Å². The first-order valence-electron chi connectivity index (χ1n) is 4.91. The highest BCUT2D eigenvalue weighted by Crippen LogP contribution is 2.23. The molecule has 0 heterocycles. The van der Waals surface area contributed by atoms with E-state index in [4.69, 9.17) is 5.11 Å². The zero-order valence-corrected chi connectivity index (χ0v) is 8.64. The number of hydrogen-bond acceptors (Lipinski definition) is 1. The minimum absolute atomic E-state index is 0.262. The summed E-state index contributed by atoms with van der Waals surface area (Å²) >= 11 is 0. The third-order valence-electron chi connectivity index (χ3n) is 2.00. The summed E-state index contributed by atoms with van der Waals surface area (Å²) in [4.78, 5) is 0. The average Bonchev–Trinajstić information content (AvgIpc) is 2.01. The fourth-order valence-corrected chi connectivity index (χ4v) is 1.19. The lowest BCUT2D eigenvalue weighted by molar-refractivity contribution is 0.262. The van der Waals surface area contributed by atoms with E-state index in [-0.39, 0.29) is 5.41 Å². The summed E-state index contributed by atoms with van der Waals surface area (Å²) in [5, 5.41) is 8.68. The van der Waals surface area contributed by atoms with Gasteiger partial charge in [0.25, 0.3) is 0 Å². The second-order valence-electron chi connectivity index (χ2n) is 4.01. The lowest BCUT2D eigenvalue weighted by Crippen LogP contribution is -2.07. The van der Waals surface area contributed by atoms with Gasteiger partial charge in [-0.25, -0.2) is 0 Å². The second kappa shape index (κ2) is 6.24. The van der Waals surface area contributed by atoms with Crippen LogP contribution in [0, 0.1) is 5.41 Å². The predicted molar refractivity (Wildman–Crippen MR) is 54.1 cm³/mol. The van der Waals surface area contributed by atoms with Gasteiger partial charge in [0.2, 0.25) is 0 Å². The maximum absolute atomic E-state index is 8.68. The van der Waals surface area contributed by atoms with Crippen molar-refractivity contribution in [3.63, 3.8) is 0 Å². The molecule has 0 aliphatic heterocycles. The summed E-state index contributed by atoms with van der Waals surface area (Å²) in [5.41, 5.74) is 0.262. The fraction of sp³-hybridized carbons (Fsp3) is 0.818. The summed E-state index contributed by atoms with van der Waals surface area (Å²) in [5.74, 6) is 0. The molecule has 0 saturated carbocycles. The van der Waals surface area contributed by atoms with E-state index >= 15 is 0 Å². The molecule has 0 aromatic heterocycles. The highest BCUT2D eigenvalue weighted by molar-refractivity contribution is 4.94. The van der Waals surface area contributed by atoms with Gasteiger partial charge in [0.1, 0.15) is 0 Å². The van der Waals surface area contributed by atoms with Gasteiger partial charge in [-0.15, -0.1) is 0 Å². The molecule has 0 amide bonds. The zero-order chi connectivity index (χ0) is 9.45. The van der Waals surface area contributed by atoms with Gasteiger partial charge in [0.05, 0.1) is 0 Å². The molecule has 0 aromatic carbocycles. The van der Waals surface area contributed by atoms with E-state index in [0.717, 1.165) is 12.8 Å². The smallest absolute Gasteiger partial charge is 0.0431 e. The van der Waals surface area contributed by atoms with Crippen molar-refractivity contribution < 1.29 is 5.11 Å². The predicted octanol–water partition coefficient (Wildman–Crippen LogP) is 3.14. The molecular weight excluding hydrogens is 148 g/mol. The second-order valence-corrected chi connectivity index (χ2v) is 4.01. The Hall–Kier alpha value is -0.300. The Kier molecular flexibility index (Phi) is 6.09. The number of allylic oxidation sites excluding steroid dienone is 2. The molecule has 0 aromatic rings. The van der Waals surface area contributed by atoms with Crippen molar-refractivity contribution in [1.82, 2.24) is 0 Å². The van der Waals surface area contributed by atoms with Crippen molar-refractivity contribution in [3.8, 4) is 0 Å². The Bertz CT molecular complexity index is 125. The summed E-state index contributed by atoms with van der Waals surface area (Å²) in [6.07, 6.45) is 8.88. The van der Waals surface area contributed by atoms with Crippen LogP contribution in [0.25, 0.3) is 0 Å². The molecule has 0 fully saturated rings. The molecule has 0 radical (unpaired) electrons. The van der Waals surface area contributed by atoms with Gasteiger partial charge < -0.3 is 5.11 Å². The van der Waals surface area contributed by atoms with Crippen LogP contribution in [-0.2, 0) is 0 Å². The first-order valence-corrected chi connectivity index (χ1v) is 4.91. The average molecular weight is 170 g/mol. The third kappa shape index (κ3) is 6.41. The number of unbranched alkanes of at least 4 members (excludes halogenated alkanes) is 1. The Morgan fingerprint density at radius 1 is 1.33 bits per heavy atom. The molecule has 0 aliphatic carbocycles. The molecule has 12 heavy (non-hydrogen) atoms. The highest BCUT2D eigenvalue weighted by Gasteiger charge is 2.11. The lowest BCUT2D eigenvalue weighted by atomic mass is 9.87. The van der Waals surface area contributed by atoms with Crippen molar-refractivity contribution in [1.29, 1.82) is 0 Å². The van der Waals surface area contributed by atoms with E-state index in [1.165, 1.54) is 12.8 Å². The van der Waals surface area contributed by atoms with Gasteiger partial charge in [-0.05, 0) is 24.7 Å². The minimum Gasteiger partial charge on any atom is -0.396 e. The van der Waals surface area contributed by atoms with Crippen molar-refractivity contribution in [2.75, 3.05) is 6.61 Å². The summed E-state index contributed by atoms with van der Waals surface area (Å²) < 4.78 is 0. The number of aliphatic hydroxyl groups is 1. The molecule has 1 N–H and O–H groups in total. The molecule has 0 rings (SSSR count). The SMILES string of the molecule is CCCC=CC(C)(C)CCCO. The molecule has 0 unspecified atom stereocenters. The van der Waals surface area contributed by atoms with Gasteiger partial charge in [-0.3, -0.25) is 0 Å². The molecular formula is C11H22O. The van der Waals surface area contributed by atoms with Crippen LogP contribution in [0.3, 0.4) is 0 Å². The van der Waals surface area contributed by atoms with Gasteiger partial charge in [-0.2, -0.15) is 0 Å². The van der Waals surface area contributed by atoms with Crippen LogP contribution in [0.2, 0.25) is 0 Å². The first-order chi connectivity index (χ1) is 5.62. The van der Waals surface area contributed by atoms with Crippen molar-refractivity contribution in [2.24, 2.45) is 5.41 Å². The quantitative estimate of drug-likeness (QED) is 0.607. The summed E-state index contributed by atoms with van der Waals surface area (Å²) in [6, 6.07) is 0. The first kappa shape index (κ1) is 11.7. The van der Waals surface area contributed by atoms with E-state index in [2.05, 4.69) is 32.9 Å². The maximum atomic E-state index is 8.68. The zero-order valence-electron chi connectivity index (χ0n) is 8.64. The van der Waals surface area contributed by atoms with Crippen LogP contribution in [0.15, 0.2) is 12.2 Å². The standard InChI is InChI=1S/C11H22O/c1-4-5-6-8-11(2,3)9-7-10-12/h6,8,12H,4-5,7,9-10H2,1-3H3. The van der Waals surface area contributed by atoms with E-state index in [0.29, 0.717) is 6.61 Å². The Morgan fingerprint density at radius 2 is 2.00 bits per heavy atom. The molecule has 0 saturated heterocycles. The van der Waals surface area contributed by atoms with Crippen molar-refractivity contribution >= 4 is 0 Å². The van der Waals surface area contributed by atoms with Crippen LogP contribution in [0.5, 0.6) is 0 Å². The molecule has 1 nitrogen and oxygen atoms in total. The van der Waals surface area contributed by atoms with Crippen LogP contribution in [0.4, 0.5) is 0 Å². The normalized spacial score (nSPS) is 12.7. The minimum atomic E-state index is 0.262. The molecule has 72 valence electrons.